The molecule has 1 heterocycles. The summed E-state index contributed by atoms with van der Waals surface area (Å²) in [6, 6.07) is 9.53. The Balaban J connectivity index is 1.93. The van der Waals surface area contributed by atoms with Crippen LogP contribution in [0.4, 0.5) is 0 Å². The second kappa shape index (κ2) is 3.84. The van der Waals surface area contributed by atoms with Gasteiger partial charge in [0.2, 0.25) is 0 Å². The molecule has 1 saturated heterocycles. The van der Waals surface area contributed by atoms with E-state index in [0.29, 0.717) is 6.04 Å². The van der Waals surface area contributed by atoms with Crippen molar-refractivity contribution in [1.82, 2.24) is 5.32 Å². The minimum absolute atomic E-state index is 0.608. The van der Waals surface area contributed by atoms with Crippen molar-refractivity contribution < 1.29 is 0 Å². The van der Waals surface area contributed by atoms with Gasteiger partial charge in [0.25, 0.3) is 0 Å². The first-order chi connectivity index (χ1) is 7.34. The minimum atomic E-state index is 0.608. The third-order valence-electron chi connectivity index (χ3n) is 3.49. The Bertz CT molecular complexity index is 363. The summed E-state index contributed by atoms with van der Waals surface area (Å²) in [6.07, 6.45) is 2.60. The summed E-state index contributed by atoms with van der Waals surface area (Å²) < 4.78 is 0. The number of hydrogen-bond donors (Lipinski definition) is 1. The number of nitrogens with one attached hydrogen (secondary N) is 1. The van der Waals surface area contributed by atoms with Crippen LogP contribution in [0.5, 0.6) is 0 Å². The van der Waals surface area contributed by atoms with E-state index in [0.717, 1.165) is 17.0 Å². The van der Waals surface area contributed by atoms with Crippen LogP contribution in [0.15, 0.2) is 24.3 Å². The molecule has 15 heavy (non-hydrogen) atoms. The number of fused-ring (bicyclic) bond motifs is 3. The first kappa shape index (κ1) is 9.73. The summed E-state index contributed by atoms with van der Waals surface area (Å²) in [5, 5.41) is 5.28. The van der Waals surface area contributed by atoms with Crippen molar-refractivity contribution in [3.63, 3.8) is 0 Å². The summed E-state index contributed by atoms with van der Waals surface area (Å²) in [7, 11) is 0. The number of benzene rings is 1. The van der Waals surface area contributed by atoms with Gasteiger partial charge in [0, 0.05) is 23.1 Å². The Morgan fingerprint density at radius 3 is 3.13 bits per heavy atom. The Kier molecular flexibility index (Phi) is 2.49. The van der Waals surface area contributed by atoms with E-state index in [4.69, 9.17) is 0 Å². The van der Waals surface area contributed by atoms with Crippen LogP contribution in [0.25, 0.3) is 0 Å². The molecule has 1 N–H and O–H groups in total. The summed E-state index contributed by atoms with van der Waals surface area (Å²) in [5.41, 5.74) is 3.11. The zero-order valence-corrected chi connectivity index (χ0v) is 9.89. The average Bonchev–Trinajstić information content (AvgIpc) is 2.28. The van der Waals surface area contributed by atoms with Crippen LogP contribution in [0.2, 0.25) is 0 Å². The van der Waals surface area contributed by atoms with Crippen LogP contribution in [0.1, 0.15) is 30.5 Å². The van der Waals surface area contributed by atoms with Gasteiger partial charge in [-0.3, -0.25) is 0 Å². The molecule has 0 radical (unpaired) electrons. The number of thioether (sulfide) groups is 1. The van der Waals surface area contributed by atoms with Gasteiger partial charge < -0.3 is 5.32 Å². The van der Waals surface area contributed by atoms with Crippen LogP contribution < -0.4 is 5.32 Å². The molecule has 80 valence electrons. The summed E-state index contributed by atoms with van der Waals surface area (Å²) in [4.78, 5) is 0. The summed E-state index contributed by atoms with van der Waals surface area (Å²) in [6.45, 7) is 3.48. The van der Waals surface area contributed by atoms with Gasteiger partial charge in [-0.05, 0) is 24.0 Å². The second-order valence-electron chi connectivity index (χ2n) is 4.61. The fraction of sp³-hybridized carbons (Fsp3) is 0.538. The van der Waals surface area contributed by atoms with Gasteiger partial charge in [0.05, 0.1) is 0 Å². The molecule has 0 saturated carbocycles. The standard InChI is InChI=1S/C13H17NS/c1-9-8-14-13-11-5-3-2-4-10(11)6-7-12(13)15-9/h2-5,9,12-14H,6-8H2,1H3. The molecule has 1 fully saturated rings. The predicted molar refractivity (Wildman–Crippen MR) is 66.3 cm³/mol. The third-order valence-corrected chi connectivity index (χ3v) is 4.98. The fourth-order valence-electron chi connectivity index (χ4n) is 2.76. The van der Waals surface area contributed by atoms with Crippen molar-refractivity contribution in [3.05, 3.63) is 35.4 Å². The normalized spacial score (nSPS) is 34.3. The molecule has 1 aliphatic heterocycles. The van der Waals surface area contributed by atoms with Gasteiger partial charge in [-0.15, -0.1) is 0 Å². The highest BCUT2D eigenvalue weighted by Crippen LogP contribution is 2.40. The van der Waals surface area contributed by atoms with E-state index in [-0.39, 0.29) is 0 Å². The lowest BCUT2D eigenvalue weighted by molar-refractivity contribution is 0.455. The number of hydrogen-bond acceptors (Lipinski definition) is 2. The van der Waals surface area contributed by atoms with E-state index in [1.165, 1.54) is 12.8 Å². The molecule has 3 unspecified atom stereocenters. The van der Waals surface area contributed by atoms with E-state index < -0.39 is 0 Å². The van der Waals surface area contributed by atoms with E-state index in [9.17, 15) is 0 Å². The second-order valence-corrected chi connectivity index (χ2v) is 6.29. The fourth-order valence-corrected chi connectivity index (χ4v) is 4.20. The molecule has 1 aromatic rings. The van der Waals surface area contributed by atoms with E-state index in [2.05, 4.69) is 48.3 Å². The first-order valence-corrected chi connectivity index (χ1v) is 6.75. The van der Waals surface area contributed by atoms with E-state index >= 15 is 0 Å². The van der Waals surface area contributed by atoms with Gasteiger partial charge in [-0.1, -0.05) is 31.2 Å². The number of rotatable bonds is 0. The maximum atomic E-state index is 3.71. The first-order valence-electron chi connectivity index (χ1n) is 5.81. The lowest BCUT2D eigenvalue weighted by atomic mass is 9.87. The van der Waals surface area contributed by atoms with Crippen molar-refractivity contribution in [2.75, 3.05) is 6.54 Å². The third kappa shape index (κ3) is 1.70. The van der Waals surface area contributed by atoms with Gasteiger partial charge in [0.15, 0.2) is 0 Å². The molecule has 0 spiro atoms. The molecule has 2 heteroatoms. The molecule has 3 rings (SSSR count). The summed E-state index contributed by atoms with van der Waals surface area (Å²) >= 11 is 2.17. The van der Waals surface area contributed by atoms with Crippen molar-refractivity contribution in [2.24, 2.45) is 0 Å². The molecular formula is C13H17NS. The molecule has 2 aliphatic rings. The largest absolute Gasteiger partial charge is 0.308 e. The zero-order chi connectivity index (χ0) is 10.3. The quantitative estimate of drug-likeness (QED) is 0.720. The smallest absolute Gasteiger partial charge is 0.0443 e. The van der Waals surface area contributed by atoms with Gasteiger partial charge in [-0.25, -0.2) is 0 Å². The molecule has 0 aromatic heterocycles. The molecule has 0 amide bonds. The van der Waals surface area contributed by atoms with Crippen LogP contribution in [-0.2, 0) is 6.42 Å². The Hall–Kier alpha value is -0.470. The molecule has 1 aliphatic carbocycles. The Morgan fingerprint density at radius 2 is 2.20 bits per heavy atom. The van der Waals surface area contributed by atoms with Crippen molar-refractivity contribution in [3.8, 4) is 0 Å². The van der Waals surface area contributed by atoms with E-state index in [1.807, 2.05) is 0 Å². The lowest BCUT2D eigenvalue weighted by Gasteiger charge is -2.40. The zero-order valence-electron chi connectivity index (χ0n) is 9.07. The maximum Gasteiger partial charge on any atom is 0.0443 e. The molecule has 3 atom stereocenters. The summed E-state index contributed by atoms with van der Waals surface area (Å²) in [5.74, 6) is 0. The van der Waals surface area contributed by atoms with Crippen molar-refractivity contribution in [1.29, 1.82) is 0 Å². The molecule has 1 nitrogen and oxygen atoms in total. The highest BCUT2D eigenvalue weighted by Gasteiger charge is 2.33. The van der Waals surface area contributed by atoms with Crippen LogP contribution >= 0.6 is 11.8 Å². The highest BCUT2D eigenvalue weighted by atomic mass is 32.2. The Labute approximate surface area is 95.6 Å². The predicted octanol–water partition coefficient (Wildman–Crippen LogP) is 2.77. The maximum absolute atomic E-state index is 3.71. The number of aryl methyl sites for hydroxylation is 1. The van der Waals surface area contributed by atoms with Gasteiger partial charge in [-0.2, -0.15) is 11.8 Å². The van der Waals surface area contributed by atoms with Crippen LogP contribution in [0, 0.1) is 0 Å². The van der Waals surface area contributed by atoms with Gasteiger partial charge in [0.1, 0.15) is 0 Å². The Morgan fingerprint density at radius 1 is 1.33 bits per heavy atom. The molecule has 1 aromatic carbocycles. The minimum Gasteiger partial charge on any atom is -0.308 e. The van der Waals surface area contributed by atoms with Crippen LogP contribution in [-0.4, -0.2) is 17.0 Å². The highest BCUT2D eigenvalue weighted by molar-refractivity contribution is 8.00. The SMILES string of the molecule is CC1CNC2c3ccccc3CCC2S1. The topological polar surface area (TPSA) is 12.0 Å². The van der Waals surface area contributed by atoms with Gasteiger partial charge >= 0.3 is 0 Å². The van der Waals surface area contributed by atoms with E-state index in [1.54, 1.807) is 11.1 Å². The van der Waals surface area contributed by atoms with Crippen molar-refractivity contribution in [2.45, 2.75) is 36.3 Å². The molecular weight excluding hydrogens is 202 g/mol. The van der Waals surface area contributed by atoms with Crippen molar-refractivity contribution >= 4 is 11.8 Å². The lowest BCUT2D eigenvalue weighted by Crippen LogP contribution is -2.42. The molecule has 0 bridgehead atoms. The average molecular weight is 219 g/mol. The van der Waals surface area contributed by atoms with Crippen LogP contribution in [0.3, 0.4) is 0 Å². The monoisotopic (exact) mass is 219 g/mol.